The monoisotopic (exact) mass is 428 g/mol. The molecule has 0 atom stereocenters. The number of methoxy groups -OCH3 is 3. The van der Waals surface area contributed by atoms with Crippen molar-refractivity contribution in [3.8, 4) is 11.5 Å². The van der Waals surface area contributed by atoms with E-state index >= 15 is 0 Å². The molecular formula is C23H28N2O4S. The summed E-state index contributed by atoms with van der Waals surface area (Å²) in [5.41, 5.74) is 3.07. The van der Waals surface area contributed by atoms with Crippen LogP contribution in [0.3, 0.4) is 0 Å². The van der Waals surface area contributed by atoms with Crippen LogP contribution in [0.25, 0.3) is 0 Å². The van der Waals surface area contributed by atoms with Gasteiger partial charge in [-0.3, -0.25) is 0 Å². The van der Waals surface area contributed by atoms with Gasteiger partial charge in [-0.25, -0.2) is 4.79 Å². The van der Waals surface area contributed by atoms with E-state index in [1.165, 1.54) is 7.11 Å². The first kappa shape index (κ1) is 21.9. The van der Waals surface area contributed by atoms with E-state index in [1.807, 2.05) is 25.1 Å². The zero-order valence-electron chi connectivity index (χ0n) is 17.8. The number of esters is 1. The summed E-state index contributed by atoms with van der Waals surface area (Å²) in [6, 6.07) is 11.4. The molecule has 2 aromatic carbocycles. The first-order valence-corrected chi connectivity index (χ1v) is 10.3. The number of benzene rings is 2. The maximum absolute atomic E-state index is 11.9. The standard InChI is InChI=1S/C23H28N2O4S/c1-15-7-8-16(21(26)29-4)13-18(15)24-22(30)25-23(11-5-6-12-23)17-9-10-19(27-2)20(14-17)28-3/h7-10,13-14H,5-6,11-12H2,1-4H3,(H2,24,25,30). The zero-order chi connectivity index (χ0) is 21.7. The Morgan fingerprint density at radius 2 is 1.70 bits per heavy atom. The number of hydrogen-bond acceptors (Lipinski definition) is 5. The quantitative estimate of drug-likeness (QED) is 0.516. The third-order valence-corrected chi connectivity index (χ3v) is 5.86. The normalized spacial score (nSPS) is 14.7. The molecule has 0 heterocycles. The minimum Gasteiger partial charge on any atom is -0.493 e. The van der Waals surface area contributed by atoms with Crippen LogP contribution in [-0.4, -0.2) is 32.4 Å². The number of carbonyl (C=O) groups is 1. The van der Waals surface area contributed by atoms with Crippen LogP contribution < -0.4 is 20.1 Å². The number of carbonyl (C=O) groups excluding carboxylic acids is 1. The van der Waals surface area contributed by atoms with Crippen molar-refractivity contribution in [1.29, 1.82) is 0 Å². The molecule has 0 amide bonds. The van der Waals surface area contributed by atoms with Crippen LogP contribution in [0, 0.1) is 6.92 Å². The SMILES string of the molecule is COC(=O)c1ccc(C)c(NC(=S)NC2(c3ccc(OC)c(OC)c3)CCCC2)c1. The zero-order valence-corrected chi connectivity index (χ0v) is 18.7. The van der Waals surface area contributed by atoms with Gasteiger partial charge in [0.25, 0.3) is 0 Å². The van der Waals surface area contributed by atoms with Crippen LogP contribution in [0.5, 0.6) is 11.5 Å². The van der Waals surface area contributed by atoms with Crippen molar-refractivity contribution in [3.63, 3.8) is 0 Å². The molecule has 1 fully saturated rings. The summed E-state index contributed by atoms with van der Waals surface area (Å²) < 4.78 is 15.7. The van der Waals surface area contributed by atoms with Gasteiger partial charge >= 0.3 is 5.97 Å². The van der Waals surface area contributed by atoms with E-state index in [0.717, 1.165) is 42.5 Å². The van der Waals surface area contributed by atoms with Crippen LogP contribution >= 0.6 is 12.2 Å². The van der Waals surface area contributed by atoms with Gasteiger partial charge in [-0.05, 0) is 67.4 Å². The molecule has 160 valence electrons. The fourth-order valence-electron chi connectivity index (χ4n) is 3.97. The van der Waals surface area contributed by atoms with Crippen molar-refractivity contribution >= 4 is 29.0 Å². The van der Waals surface area contributed by atoms with Gasteiger partial charge in [-0.15, -0.1) is 0 Å². The lowest BCUT2D eigenvalue weighted by molar-refractivity contribution is 0.0601. The molecule has 0 aromatic heterocycles. The molecule has 0 saturated heterocycles. The average Bonchev–Trinajstić information content (AvgIpc) is 3.23. The molecule has 0 spiro atoms. The molecule has 7 heteroatoms. The molecule has 1 aliphatic rings. The number of aryl methyl sites for hydroxylation is 1. The van der Waals surface area contributed by atoms with E-state index < -0.39 is 0 Å². The molecule has 0 radical (unpaired) electrons. The fourth-order valence-corrected chi connectivity index (χ4v) is 4.28. The Kier molecular flexibility index (Phi) is 6.82. The predicted octanol–water partition coefficient (Wildman–Crippen LogP) is 4.55. The minimum absolute atomic E-state index is 0.280. The maximum Gasteiger partial charge on any atom is 0.337 e. The van der Waals surface area contributed by atoms with E-state index in [-0.39, 0.29) is 11.5 Å². The molecule has 1 saturated carbocycles. The number of thiocarbonyl (C=S) groups is 1. The molecule has 2 N–H and O–H groups in total. The molecule has 0 unspecified atom stereocenters. The number of nitrogens with one attached hydrogen (secondary N) is 2. The lowest BCUT2D eigenvalue weighted by Gasteiger charge is -2.33. The second-order valence-corrected chi connectivity index (χ2v) is 7.87. The summed E-state index contributed by atoms with van der Waals surface area (Å²) in [5, 5.41) is 7.31. The van der Waals surface area contributed by atoms with Gasteiger partial charge in [0.05, 0.1) is 32.4 Å². The molecule has 2 aromatic rings. The maximum atomic E-state index is 11.9. The van der Waals surface area contributed by atoms with Crippen molar-refractivity contribution in [2.24, 2.45) is 0 Å². The molecule has 3 rings (SSSR count). The molecule has 0 aliphatic heterocycles. The Morgan fingerprint density at radius 3 is 2.33 bits per heavy atom. The van der Waals surface area contributed by atoms with Crippen LogP contribution in [0.1, 0.15) is 47.2 Å². The average molecular weight is 429 g/mol. The van der Waals surface area contributed by atoms with E-state index in [2.05, 4.69) is 16.7 Å². The van der Waals surface area contributed by atoms with Gasteiger partial charge < -0.3 is 24.8 Å². The van der Waals surface area contributed by atoms with Crippen LogP contribution in [-0.2, 0) is 10.3 Å². The molecular weight excluding hydrogens is 400 g/mol. The number of ether oxygens (including phenoxy) is 3. The summed E-state index contributed by atoms with van der Waals surface area (Å²) in [7, 11) is 4.64. The highest BCUT2D eigenvalue weighted by Gasteiger charge is 2.37. The van der Waals surface area contributed by atoms with E-state index in [9.17, 15) is 4.79 Å². The first-order valence-electron chi connectivity index (χ1n) is 9.93. The van der Waals surface area contributed by atoms with Crippen molar-refractivity contribution in [3.05, 3.63) is 53.1 Å². The van der Waals surface area contributed by atoms with Crippen molar-refractivity contribution in [2.75, 3.05) is 26.6 Å². The fraction of sp³-hybridized carbons (Fsp3) is 0.391. The largest absolute Gasteiger partial charge is 0.493 e. The van der Waals surface area contributed by atoms with Gasteiger partial charge in [0.1, 0.15) is 0 Å². The third-order valence-electron chi connectivity index (χ3n) is 5.65. The van der Waals surface area contributed by atoms with Gasteiger partial charge in [0, 0.05) is 5.69 Å². The topological polar surface area (TPSA) is 68.8 Å². The Bertz CT molecular complexity index is 939. The summed E-state index contributed by atoms with van der Waals surface area (Å²) in [6.45, 7) is 1.96. The van der Waals surface area contributed by atoms with Crippen molar-refractivity contribution in [2.45, 2.75) is 38.1 Å². The molecule has 1 aliphatic carbocycles. The molecule has 0 bridgehead atoms. The van der Waals surface area contributed by atoms with E-state index in [4.69, 9.17) is 26.4 Å². The van der Waals surface area contributed by atoms with Crippen molar-refractivity contribution in [1.82, 2.24) is 5.32 Å². The Balaban J connectivity index is 1.84. The highest BCUT2D eigenvalue weighted by Crippen LogP contribution is 2.41. The second-order valence-electron chi connectivity index (χ2n) is 7.46. The predicted molar refractivity (Wildman–Crippen MR) is 122 cm³/mol. The third kappa shape index (κ3) is 4.51. The van der Waals surface area contributed by atoms with Crippen LogP contribution in [0.15, 0.2) is 36.4 Å². The van der Waals surface area contributed by atoms with Crippen LogP contribution in [0.2, 0.25) is 0 Å². The van der Waals surface area contributed by atoms with Crippen LogP contribution in [0.4, 0.5) is 5.69 Å². The van der Waals surface area contributed by atoms with Gasteiger partial charge in [0.15, 0.2) is 16.6 Å². The summed E-state index contributed by atoms with van der Waals surface area (Å²) in [4.78, 5) is 11.9. The Morgan fingerprint density at radius 1 is 1.00 bits per heavy atom. The lowest BCUT2D eigenvalue weighted by Crippen LogP contribution is -2.45. The Hall–Kier alpha value is -2.80. The first-order chi connectivity index (χ1) is 14.4. The van der Waals surface area contributed by atoms with E-state index in [0.29, 0.717) is 22.2 Å². The lowest BCUT2D eigenvalue weighted by atomic mass is 9.88. The molecule has 30 heavy (non-hydrogen) atoms. The summed E-state index contributed by atoms with van der Waals surface area (Å²) in [6.07, 6.45) is 4.15. The van der Waals surface area contributed by atoms with Gasteiger partial charge in [0.2, 0.25) is 0 Å². The Labute approximate surface area is 182 Å². The summed E-state index contributed by atoms with van der Waals surface area (Å²) in [5.74, 6) is 1.02. The van der Waals surface area contributed by atoms with Crippen molar-refractivity contribution < 1.29 is 19.0 Å². The second kappa shape index (κ2) is 9.34. The van der Waals surface area contributed by atoms with Gasteiger partial charge in [-0.2, -0.15) is 0 Å². The number of anilines is 1. The summed E-state index contributed by atoms with van der Waals surface area (Å²) >= 11 is 5.66. The van der Waals surface area contributed by atoms with Gasteiger partial charge in [-0.1, -0.05) is 25.0 Å². The van der Waals surface area contributed by atoms with E-state index in [1.54, 1.807) is 26.4 Å². The minimum atomic E-state index is -0.380. The molecule has 6 nitrogen and oxygen atoms in total. The highest BCUT2D eigenvalue weighted by atomic mass is 32.1. The highest BCUT2D eigenvalue weighted by molar-refractivity contribution is 7.80. The smallest absolute Gasteiger partial charge is 0.337 e. The number of rotatable bonds is 6. The number of hydrogen-bond donors (Lipinski definition) is 2.